The zero-order valence-corrected chi connectivity index (χ0v) is 13.1. The lowest BCUT2D eigenvalue weighted by Gasteiger charge is -2.20. The van der Waals surface area contributed by atoms with Gasteiger partial charge in [-0.15, -0.1) is 0 Å². The van der Waals surface area contributed by atoms with Crippen molar-refractivity contribution in [3.8, 4) is 0 Å². The molecule has 0 amide bonds. The summed E-state index contributed by atoms with van der Waals surface area (Å²) in [5, 5.41) is 8.58. The summed E-state index contributed by atoms with van der Waals surface area (Å²) in [4.78, 5) is 0. The van der Waals surface area contributed by atoms with Gasteiger partial charge in [0, 0.05) is 30.0 Å². The second kappa shape index (κ2) is 6.91. The summed E-state index contributed by atoms with van der Waals surface area (Å²) in [7, 11) is 1.99. The molecule has 1 heterocycles. The molecule has 0 saturated carbocycles. The first-order valence-corrected chi connectivity index (χ1v) is 7.46. The van der Waals surface area contributed by atoms with Crippen LogP contribution in [0.5, 0.6) is 0 Å². The van der Waals surface area contributed by atoms with Crippen molar-refractivity contribution < 1.29 is 0 Å². The third-order valence-electron chi connectivity index (χ3n) is 3.68. The van der Waals surface area contributed by atoms with Gasteiger partial charge in [0.25, 0.3) is 0 Å². The van der Waals surface area contributed by atoms with E-state index in [2.05, 4.69) is 42.5 Å². The fraction of sp³-hybridized carbons (Fsp3) is 0.438. The molecule has 0 bridgehead atoms. The number of nitrogens with one attached hydrogen (secondary N) is 1. The van der Waals surface area contributed by atoms with Crippen molar-refractivity contribution in [3.05, 3.63) is 52.3 Å². The maximum Gasteiger partial charge on any atom is 0.0492 e. The van der Waals surface area contributed by atoms with Gasteiger partial charge in [0.05, 0.1) is 0 Å². The van der Waals surface area contributed by atoms with Crippen LogP contribution in [0.3, 0.4) is 0 Å². The molecule has 0 spiro atoms. The molecule has 1 aromatic carbocycles. The summed E-state index contributed by atoms with van der Waals surface area (Å²) in [6, 6.07) is 8.52. The average Bonchev–Trinajstić information content (AvgIpc) is 2.83. The number of hydrogen-bond donors (Lipinski definition) is 1. The van der Waals surface area contributed by atoms with Crippen LogP contribution in [-0.2, 0) is 13.5 Å². The van der Waals surface area contributed by atoms with E-state index >= 15 is 0 Å². The van der Waals surface area contributed by atoms with Crippen LogP contribution in [0.1, 0.15) is 36.2 Å². The third kappa shape index (κ3) is 3.62. The van der Waals surface area contributed by atoms with Crippen LogP contribution >= 0.6 is 11.6 Å². The first-order valence-electron chi connectivity index (χ1n) is 7.08. The summed E-state index contributed by atoms with van der Waals surface area (Å²) < 4.78 is 1.94. The van der Waals surface area contributed by atoms with Gasteiger partial charge in [0.2, 0.25) is 0 Å². The number of aryl methyl sites for hydroxylation is 3. The highest BCUT2D eigenvalue weighted by Gasteiger charge is 2.14. The van der Waals surface area contributed by atoms with Gasteiger partial charge in [-0.2, -0.15) is 5.10 Å². The standard InChI is InChI=1S/C16H22ClN3/c1-4-18-16(8-7-14-9-10-19-20(14)3)15-11-13(17)6-5-12(15)2/h5-6,9-11,16,18H,4,7-8H2,1-3H3. The number of benzene rings is 1. The fourth-order valence-corrected chi connectivity index (χ4v) is 2.72. The average molecular weight is 292 g/mol. The highest BCUT2D eigenvalue weighted by Crippen LogP contribution is 2.25. The Labute approximate surface area is 126 Å². The fourth-order valence-electron chi connectivity index (χ4n) is 2.54. The van der Waals surface area contributed by atoms with Crippen LogP contribution in [0.2, 0.25) is 5.02 Å². The molecule has 2 aromatic rings. The van der Waals surface area contributed by atoms with E-state index in [1.807, 2.05) is 24.0 Å². The maximum atomic E-state index is 6.14. The number of hydrogen-bond acceptors (Lipinski definition) is 2. The lowest BCUT2D eigenvalue weighted by atomic mass is 9.96. The summed E-state index contributed by atoms with van der Waals surface area (Å²) in [5.74, 6) is 0. The highest BCUT2D eigenvalue weighted by molar-refractivity contribution is 6.30. The minimum Gasteiger partial charge on any atom is -0.310 e. The van der Waals surface area contributed by atoms with E-state index in [-0.39, 0.29) is 0 Å². The molecule has 2 rings (SSSR count). The van der Waals surface area contributed by atoms with Gasteiger partial charge in [-0.25, -0.2) is 0 Å². The van der Waals surface area contributed by atoms with Crippen molar-refractivity contribution in [1.29, 1.82) is 0 Å². The SMILES string of the molecule is CCNC(CCc1ccnn1C)c1cc(Cl)ccc1C. The number of aromatic nitrogens is 2. The van der Waals surface area contributed by atoms with Crippen LogP contribution in [0.15, 0.2) is 30.5 Å². The quantitative estimate of drug-likeness (QED) is 0.880. The summed E-state index contributed by atoms with van der Waals surface area (Å²) in [6.45, 7) is 5.22. The van der Waals surface area contributed by atoms with Gasteiger partial charge in [-0.1, -0.05) is 24.6 Å². The second-order valence-electron chi connectivity index (χ2n) is 5.10. The van der Waals surface area contributed by atoms with E-state index in [0.717, 1.165) is 24.4 Å². The third-order valence-corrected chi connectivity index (χ3v) is 3.91. The molecular formula is C16H22ClN3. The molecule has 0 saturated heterocycles. The van der Waals surface area contributed by atoms with Gasteiger partial charge in [-0.3, -0.25) is 4.68 Å². The van der Waals surface area contributed by atoms with Gasteiger partial charge in [0.1, 0.15) is 0 Å². The molecule has 0 radical (unpaired) electrons. The van der Waals surface area contributed by atoms with Crippen molar-refractivity contribution in [2.45, 2.75) is 32.7 Å². The molecule has 1 aromatic heterocycles. The zero-order valence-electron chi connectivity index (χ0n) is 12.4. The maximum absolute atomic E-state index is 6.14. The lowest BCUT2D eigenvalue weighted by molar-refractivity contribution is 0.504. The molecule has 1 unspecified atom stereocenters. The Balaban J connectivity index is 2.14. The Hall–Kier alpha value is -1.32. The first-order chi connectivity index (χ1) is 9.61. The Morgan fingerprint density at radius 3 is 2.80 bits per heavy atom. The molecule has 1 atom stereocenters. The van der Waals surface area contributed by atoms with Crippen LogP contribution in [0.4, 0.5) is 0 Å². The molecule has 0 aliphatic carbocycles. The van der Waals surface area contributed by atoms with Crippen LogP contribution < -0.4 is 5.32 Å². The van der Waals surface area contributed by atoms with Gasteiger partial charge in [0.15, 0.2) is 0 Å². The molecule has 0 aliphatic rings. The Bertz CT molecular complexity index is 563. The summed E-state index contributed by atoms with van der Waals surface area (Å²) >= 11 is 6.14. The van der Waals surface area contributed by atoms with E-state index in [0.29, 0.717) is 6.04 Å². The topological polar surface area (TPSA) is 29.9 Å². The molecule has 3 nitrogen and oxygen atoms in total. The molecule has 0 aliphatic heterocycles. The predicted molar refractivity (Wildman–Crippen MR) is 84.1 cm³/mol. The molecule has 1 N–H and O–H groups in total. The van der Waals surface area contributed by atoms with Crippen LogP contribution in [-0.4, -0.2) is 16.3 Å². The highest BCUT2D eigenvalue weighted by atomic mass is 35.5. The Morgan fingerprint density at radius 2 is 2.15 bits per heavy atom. The number of halogens is 1. The molecule has 4 heteroatoms. The van der Waals surface area contributed by atoms with Crippen molar-refractivity contribution >= 4 is 11.6 Å². The Kier molecular flexibility index (Phi) is 5.21. The zero-order chi connectivity index (χ0) is 14.5. The van der Waals surface area contributed by atoms with E-state index in [9.17, 15) is 0 Å². The van der Waals surface area contributed by atoms with E-state index in [1.165, 1.54) is 16.8 Å². The molecule has 108 valence electrons. The normalized spacial score (nSPS) is 12.6. The van der Waals surface area contributed by atoms with Crippen LogP contribution in [0, 0.1) is 6.92 Å². The monoisotopic (exact) mass is 291 g/mol. The Morgan fingerprint density at radius 1 is 1.35 bits per heavy atom. The van der Waals surface area contributed by atoms with E-state index in [1.54, 1.807) is 0 Å². The number of nitrogens with zero attached hydrogens (tertiary/aromatic N) is 2. The first kappa shape index (κ1) is 15.1. The predicted octanol–water partition coefficient (Wildman–Crippen LogP) is 3.67. The number of rotatable bonds is 6. The van der Waals surface area contributed by atoms with Crippen LogP contribution in [0.25, 0.3) is 0 Å². The van der Waals surface area contributed by atoms with E-state index in [4.69, 9.17) is 11.6 Å². The summed E-state index contributed by atoms with van der Waals surface area (Å²) in [5.41, 5.74) is 3.83. The molecular weight excluding hydrogens is 270 g/mol. The lowest BCUT2D eigenvalue weighted by Crippen LogP contribution is -2.22. The largest absolute Gasteiger partial charge is 0.310 e. The summed E-state index contributed by atoms with van der Waals surface area (Å²) in [6.07, 6.45) is 3.89. The van der Waals surface area contributed by atoms with Gasteiger partial charge in [-0.05, 0) is 55.6 Å². The second-order valence-corrected chi connectivity index (χ2v) is 5.53. The van der Waals surface area contributed by atoms with Crippen molar-refractivity contribution in [1.82, 2.24) is 15.1 Å². The van der Waals surface area contributed by atoms with Crippen molar-refractivity contribution in [3.63, 3.8) is 0 Å². The van der Waals surface area contributed by atoms with E-state index < -0.39 is 0 Å². The minimum atomic E-state index is 0.327. The van der Waals surface area contributed by atoms with Gasteiger partial charge < -0.3 is 5.32 Å². The van der Waals surface area contributed by atoms with Crippen molar-refractivity contribution in [2.75, 3.05) is 6.54 Å². The minimum absolute atomic E-state index is 0.327. The van der Waals surface area contributed by atoms with Gasteiger partial charge >= 0.3 is 0 Å². The van der Waals surface area contributed by atoms with Crippen molar-refractivity contribution in [2.24, 2.45) is 7.05 Å². The molecule has 20 heavy (non-hydrogen) atoms. The molecule has 0 fully saturated rings. The smallest absolute Gasteiger partial charge is 0.0492 e.